The Morgan fingerprint density at radius 3 is 2.50 bits per heavy atom. The van der Waals surface area contributed by atoms with E-state index in [2.05, 4.69) is 13.2 Å². The van der Waals surface area contributed by atoms with Crippen molar-refractivity contribution in [3.05, 3.63) is 25.3 Å². The van der Waals surface area contributed by atoms with E-state index < -0.39 is 0 Å². The van der Waals surface area contributed by atoms with Crippen LogP contribution in [0.1, 0.15) is 25.7 Å². The predicted molar refractivity (Wildman–Crippen MR) is 44.9 cm³/mol. The highest BCUT2D eigenvalue weighted by Crippen LogP contribution is 2.04. The fourth-order valence-electron chi connectivity index (χ4n) is 0.808. The van der Waals surface area contributed by atoms with Gasteiger partial charge in [-0.1, -0.05) is 12.2 Å². The van der Waals surface area contributed by atoms with Gasteiger partial charge in [0.1, 0.15) is 0 Å². The summed E-state index contributed by atoms with van der Waals surface area (Å²) in [7, 11) is 0. The van der Waals surface area contributed by atoms with Gasteiger partial charge in [-0.2, -0.15) is 0 Å². The Hall–Kier alpha value is -0.560. The molecule has 0 aliphatic rings. The molecule has 0 radical (unpaired) electrons. The van der Waals surface area contributed by atoms with Crippen LogP contribution in [0.25, 0.3) is 0 Å². The number of hydrogen-bond donors (Lipinski definition) is 1. The molecule has 0 saturated carbocycles. The molecule has 0 spiro atoms. The second-order valence-electron chi connectivity index (χ2n) is 2.40. The van der Waals surface area contributed by atoms with Crippen molar-refractivity contribution in [2.75, 3.05) is 0 Å². The van der Waals surface area contributed by atoms with Crippen LogP contribution in [0.15, 0.2) is 25.3 Å². The van der Waals surface area contributed by atoms with E-state index in [4.69, 9.17) is 0 Å². The van der Waals surface area contributed by atoms with Crippen LogP contribution < -0.4 is 0 Å². The van der Waals surface area contributed by atoms with E-state index in [-0.39, 0.29) is 6.10 Å². The number of rotatable bonds is 6. The topological polar surface area (TPSA) is 20.2 Å². The normalized spacial score (nSPS) is 12.5. The lowest BCUT2D eigenvalue weighted by molar-refractivity contribution is 0.165. The first-order chi connectivity index (χ1) is 4.81. The summed E-state index contributed by atoms with van der Waals surface area (Å²) >= 11 is 0. The molecule has 0 bridgehead atoms. The molecule has 0 aliphatic carbocycles. The largest absolute Gasteiger partial charge is 0.393 e. The highest BCUT2D eigenvalue weighted by molar-refractivity contribution is 4.73. The Kier molecular flexibility index (Phi) is 6.19. The van der Waals surface area contributed by atoms with Gasteiger partial charge in [0.2, 0.25) is 0 Å². The van der Waals surface area contributed by atoms with Gasteiger partial charge in [0.05, 0.1) is 6.10 Å². The van der Waals surface area contributed by atoms with Crippen LogP contribution in [0.5, 0.6) is 0 Å². The summed E-state index contributed by atoms with van der Waals surface area (Å²) in [5, 5.41) is 9.17. The first kappa shape index (κ1) is 9.44. The molecular formula is C9H16O. The highest BCUT2D eigenvalue weighted by atomic mass is 16.3. The summed E-state index contributed by atoms with van der Waals surface area (Å²) < 4.78 is 0. The predicted octanol–water partition coefficient (Wildman–Crippen LogP) is 2.28. The molecule has 1 atom stereocenters. The molecule has 0 amide bonds. The van der Waals surface area contributed by atoms with Crippen LogP contribution in [0.4, 0.5) is 0 Å². The Bertz CT molecular complexity index is 96.9. The third-order valence-electron chi connectivity index (χ3n) is 1.38. The van der Waals surface area contributed by atoms with Gasteiger partial charge in [-0.05, 0) is 25.7 Å². The summed E-state index contributed by atoms with van der Waals surface area (Å²) in [5.41, 5.74) is 0. The number of hydrogen-bond acceptors (Lipinski definition) is 1. The van der Waals surface area contributed by atoms with Crippen molar-refractivity contribution in [1.82, 2.24) is 0 Å². The Morgan fingerprint density at radius 1 is 1.30 bits per heavy atom. The van der Waals surface area contributed by atoms with Crippen LogP contribution in [-0.4, -0.2) is 11.2 Å². The molecular weight excluding hydrogens is 124 g/mol. The summed E-state index contributed by atoms with van der Waals surface area (Å²) in [6, 6.07) is 0. The first-order valence-corrected chi connectivity index (χ1v) is 3.71. The fraction of sp³-hybridized carbons (Fsp3) is 0.556. The van der Waals surface area contributed by atoms with E-state index in [9.17, 15) is 5.11 Å². The van der Waals surface area contributed by atoms with Crippen molar-refractivity contribution in [1.29, 1.82) is 0 Å². The van der Waals surface area contributed by atoms with E-state index in [0.29, 0.717) is 6.42 Å². The maximum Gasteiger partial charge on any atom is 0.0574 e. The summed E-state index contributed by atoms with van der Waals surface area (Å²) in [6.45, 7) is 7.15. The molecule has 0 aromatic carbocycles. The number of aliphatic hydroxyl groups excluding tert-OH is 1. The van der Waals surface area contributed by atoms with E-state index in [0.717, 1.165) is 19.3 Å². The minimum atomic E-state index is -0.197. The number of aliphatic hydroxyl groups is 1. The molecule has 1 heteroatoms. The lowest BCUT2D eigenvalue weighted by Gasteiger charge is -2.04. The van der Waals surface area contributed by atoms with E-state index in [1.54, 1.807) is 6.08 Å². The van der Waals surface area contributed by atoms with Crippen LogP contribution in [-0.2, 0) is 0 Å². The molecule has 0 fully saturated rings. The highest BCUT2D eigenvalue weighted by Gasteiger charge is 1.98. The second-order valence-corrected chi connectivity index (χ2v) is 2.40. The van der Waals surface area contributed by atoms with Crippen molar-refractivity contribution in [2.24, 2.45) is 0 Å². The molecule has 0 saturated heterocycles. The third kappa shape index (κ3) is 5.57. The molecule has 1 nitrogen and oxygen atoms in total. The maximum absolute atomic E-state index is 9.17. The van der Waals surface area contributed by atoms with Gasteiger partial charge in [-0.25, -0.2) is 0 Å². The smallest absolute Gasteiger partial charge is 0.0574 e. The van der Waals surface area contributed by atoms with Gasteiger partial charge in [-0.3, -0.25) is 0 Å². The number of unbranched alkanes of at least 4 members (excludes halogenated alkanes) is 1. The summed E-state index contributed by atoms with van der Waals surface area (Å²) in [5.74, 6) is 0. The van der Waals surface area contributed by atoms with Gasteiger partial charge >= 0.3 is 0 Å². The fourth-order valence-corrected chi connectivity index (χ4v) is 0.808. The molecule has 10 heavy (non-hydrogen) atoms. The lowest BCUT2D eigenvalue weighted by Crippen LogP contribution is -2.03. The molecule has 0 aromatic rings. The molecule has 0 aromatic heterocycles. The van der Waals surface area contributed by atoms with Gasteiger partial charge in [0, 0.05) is 0 Å². The monoisotopic (exact) mass is 140 g/mol. The second kappa shape index (κ2) is 6.56. The quantitative estimate of drug-likeness (QED) is 0.443. The van der Waals surface area contributed by atoms with Crippen molar-refractivity contribution in [3.63, 3.8) is 0 Å². The molecule has 0 unspecified atom stereocenters. The van der Waals surface area contributed by atoms with Gasteiger partial charge in [0.25, 0.3) is 0 Å². The molecule has 0 rings (SSSR count). The van der Waals surface area contributed by atoms with Crippen molar-refractivity contribution >= 4 is 0 Å². The van der Waals surface area contributed by atoms with E-state index >= 15 is 0 Å². The Labute approximate surface area is 63.1 Å². The summed E-state index contributed by atoms with van der Waals surface area (Å²) in [6.07, 6.45) is 7.01. The number of allylic oxidation sites excluding steroid dienone is 1. The zero-order valence-corrected chi connectivity index (χ0v) is 6.42. The maximum atomic E-state index is 9.17. The standard InChI is InChI=1S/C9H16O/c1-3-5-6-8-9(10)7-4-2/h3-4,9-10H,1-2,5-8H2/t9-/m0/s1. The zero-order valence-electron chi connectivity index (χ0n) is 6.42. The minimum absolute atomic E-state index is 0.197. The van der Waals surface area contributed by atoms with Crippen molar-refractivity contribution < 1.29 is 5.11 Å². The average molecular weight is 140 g/mol. The summed E-state index contributed by atoms with van der Waals surface area (Å²) in [4.78, 5) is 0. The molecule has 1 N–H and O–H groups in total. The van der Waals surface area contributed by atoms with Gasteiger partial charge in [-0.15, -0.1) is 13.2 Å². The average Bonchev–Trinajstić information content (AvgIpc) is 1.89. The van der Waals surface area contributed by atoms with Crippen LogP contribution >= 0.6 is 0 Å². The van der Waals surface area contributed by atoms with Crippen LogP contribution in [0.3, 0.4) is 0 Å². The third-order valence-corrected chi connectivity index (χ3v) is 1.38. The first-order valence-electron chi connectivity index (χ1n) is 3.71. The molecule has 0 aliphatic heterocycles. The van der Waals surface area contributed by atoms with E-state index in [1.165, 1.54) is 0 Å². The van der Waals surface area contributed by atoms with E-state index in [1.807, 2.05) is 6.08 Å². The molecule has 0 heterocycles. The SMILES string of the molecule is C=CCCC[C@@H](O)CC=C. The lowest BCUT2D eigenvalue weighted by atomic mass is 10.1. The van der Waals surface area contributed by atoms with Crippen LogP contribution in [0.2, 0.25) is 0 Å². The Balaban J connectivity index is 3.11. The Morgan fingerprint density at radius 2 is 2.00 bits per heavy atom. The molecule has 58 valence electrons. The zero-order chi connectivity index (χ0) is 7.82. The van der Waals surface area contributed by atoms with Crippen molar-refractivity contribution in [2.45, 2.75) is 31.8 Å². The van der Waals surface area contributed by atoms with Gasteiger partial charge < -0.3 is 5.11 Å². The van der Waals surface area contributed by atoms with Crippen molar-refractivity contribution in [3.8, 4) is 0 Å². The minimum Gasteiger partial charge on any atom is -0.393 e. The van der Waals surface area contributed by atoms with Gasteiger partial charge in [0.15, 0.2) is 0 Å². The van der Waals surface area contributed by atoms with Crippen LogP contribution in [0, 0.1) is 0 Å².